The minimum atomic E-state index is -0.935. The summed E-state index contributed by atoms with van der Waals surface area (Å²) >= 11 is 0. The van der Waals surface area contributed by atoms with Crippen molar-refractivity contribution in [2.24, 2.45) is 0 Å². The maximum atomic E-state index is 11.7. The number of nitrogens with zero attached hydrogens (tertiary/aromatic N) is 5. The Bertz CT molecular complexity index is 1520. The van der Waals surface area contributed by atoms with E-state index in [4.69, 9.17) is 19.4 Å². The minimum Gasteiger partial charge on any atom is -0.473 e. The Labute approximate surface area is 238 Å². The Hall–Kier alpha value is -4.70. The fourth-order valence-corrected chi connectivity index (χ4v) is 5.13. The zero-order chi connectivity index (χ0) is 28.2. The maximum absolute atomic E-state index is 11.7. The van der Waals surface area contributed by atoms with Crippen LogP contribution in [0, 0.1) is 0 Å². The number of aromatic nitrogens is 3. The molecule has 1 fully saturated rings. The van der Waals surface area contributed by atoms with Crippen LogP contribution in [-0.2, 0) is 24.3 Å². The van der Waals surface area contributed by atoms with Crippen LogP contribution in [0.5, 0.6) is 5.88 Å². The lowest BCUT2D eigenvalue weighted by Gasteiger charge is -2.37. The smallest absolute Gasteiger partial charge is 0.407 e. The van der Waals surface area contributed by atoms with Gasteiger partial charge in [0.2, 0.25) is 5.88 Å². The number of rotatable bonds is 7. The highest BCUT2D eigenvalue weighted by Crippen LogP contribution is 2.32. The summed E-state index contributed by atoms with van der Waals surface area (Å²) < 4.78 is 11.5. The lowest BCUT2D eigenvalue weighted by Crippen LogP contribution is -2.45. The third kappa shape index (κ3) is 6.07. The second-order valence-electron chi connectivity index (χ2n) is 10.2. The highest BCUT2D eigenvalue weighted by molar-refractivity contribution is 5.68. The molecule has 210 valence electrons. The lowest BCUT2D eigenvalue weighted by atomic mass is 10.0. The molecule has 2 aliphatic rings. The van der Waals surface area contributed by atoms with Gasteiger partial charge in [-0.25, -0.2) is 14.8 Å². The number of hydrogen-bond donors (Lipinski definition) is 2. The zero-order valence-corrected chi connectivity index (χ0v) is 22.9. The number of amides is 1. The number of hydrogen-bond acceptors (Lipinski definition) is 8. The molecule has 0 radical (unpaired) electrons. The summed E-state index contributed by atoms with van der Waals surface area (Å²) in [6.07, 6.45) is -0.346. The van der Waals surface area contributed by atoms with Crippen LogP contribution < -0.4 is 15.0 Å². The van der Waals surface area contributed by atoms with Crippen molar-refractivity contribution in [1.82, 2.24) is 19.9 Å². The normalized spacial score (nSPS) is 16.7. The molecule has 4 heterocycles. The first kappa shape index (κ1) is 26.5. The van der Waals surface area contributed by atoms with Crippen molar-refractivity contribution in [3.63, 3.8) is 0 Å². The van der Waals surface area contributed by atoms with Gasteiger partial charge in [-0.3, -0.25) is 0 Å². The zero-order valence-electron chi connectivity index (χ0n) is 22.9. The standard InChI is InChI=1S/C31H32N6O4/c1-21-19-40-17-16-37(21)30-25-14-15-36(31(38)39)18-26(25)33-29(35-30)23-10-12-24(13-11-23)32-27-8-5-9-28(34-27)41-20-22-6-3-2-4-7-22/h2-13,21H,14-20H2,1H3,(H,32,34)(H,38,39). The van der Waals surface area contributed by atoms with Crippen molar-refractivity contribution in [1.29, 1.82) is 0 Å². The van der Waals surface area contributed by atoms with E-state index >= 15 is 0 Å². The van der Waals surface area contributed by atoms with Gasteiger partial charge in [0.05, 0.1) is 31.5 Å². The monoisotopic (exact) mass is 552 g/mol. The molecule has 10 nitrogen and oxygen atoms in total. The average Bonchev–Trinajstić information content (AvgIpc) is 3.00. The average molecular weight is 553 g/mol. The molecule has 0 saturated carbocycles. The van der Waals surface area contributed by atoms with E-state index in [1.54, 1.807) is 0 Å². The molecule has 0 bridgehead atoms. The first-order valence-electron chi connectivity index (χ1n) is 13.8. The number of morpholine rings is 1. The van der Waals surface area contributed by atoms with Gasteiger partial charge in [0.1, 0.15) is 18.2 Å². The Kier molecular flexibility index (Phi) is 7.64. The van der Waals surface area contributed by atoms with Crippen molar-refractivity contribution in [3.8, 4) is 17.3 Å². The Morgan fingerprint density at radius 1 is 1.02 bits per heavy atom. The Morgan fingerprint density at radius 3 is 2.63 bits per heavy atom. The molecular formula is C31H32N6O4. The molecule has 0 aliphatic carbocycles. The predicted octanol–water partition coefficient (Wildman–Crippen LogP) is 5.12. The fourth-order valence-electron chi connectivity index (χ4n) is 5.13. The highest BCUT2D eigenvalue weighted by atomic mass is 16.5. The number of ether oxygens (including phenoxy) is 2. The van der Waals surface area contributed by atoms with Crippen LogP contribution in [0.2, 0.25) is 0 Å². The van der Waals surface area contributed by atoms with Crippen molar-refractivity contribution >= 4 is 23.4 Å². The molecule has 0 spiro atoms. The third-order valence-electron chi connectivity index (χ3n) is 7.32. The van der Waals surface area contributed by atoms with Crippen LogP contribution in [0.4, 0.5) is 22.1 Å². The molecule has 2 aromatic heterocycles. The lowest BCUT2D eigenvalue weighted by molar-refractivity contribution is 0.0983. The summed E-state index contributed by atoms with van der Waals surface area (Å²) in [4.78, 5) is 29.8. The molecule has 41 heavy (non-hydrogen) atoms. The molecule has 2 aromatic carbocycles. The van der Waals surface area contributed by atoms with E-state index < -0.39 is 6.09 Å². The molecule has 1 unspecified atom stereocenters. The van der Waals surface area contributed by atoms with E-state index in [-0.39, 0.29) is 12.6 Å². The summed E-state index contributed by atoms with van der Waals surface area (Å²) in [6, 6.07) is 23.6. The molecule has 1 amide bonds. The van der Waals surface area contributed by atoms with Crippen LogP contribution in [-0.4, -0.2) is 63.4 Å². The first-order chi connectivity index (χ1) is 20.0. The van der Waals surface area contributed by atoms with Gasteiger partial charge in [0.25, 0.3) is 0 Å². The molecule has 10 heteroatoms. The summed E-state index contributed by atoms with van der Waals surface area (Å²) in [7, 11) is 0. The van der Waals surface area contributed by atoms with Gasteiger partial charge in [-0.1, -0.05) is 36.4 Å². The number of nitrogens with one attached hydrogen (secondary N) is 1. The maximum Gasteiger partial charge on any atom is 0.407 e. The van der Waals surface area contributed by atoms with Crippen LogP contribution in [0.3, 0.4) is 0 Å². The second kappa shape index (κ2) is 11.8. The largest absolute Gasteiger partial charge is 0.473 e. The van der Waals surface area contributed by atoms with E-state index in [2.05, 4.69) is 22.1 Å². The SMILES string of the molecule is CC1COCCN1c1nc(-c2ccc(Nc3cccc(OCc4ccccc4)n3)cc2)nc2c1CCN(C(=O)O)C2. The van der Waals surface area contributed by atoms with E-state index in [1.165, 1.54) is 4.90 Å². The predicted molar refractivity (Wildman–Crippen MR) is 156 cm³/mol. The Morgan fingerprint density at radius 2 is 1.85 bits per heavy atom. The summed E-state index contributed by atoms with van der Waals surface area (Å²) in [6.45, 7) is 5.24. The summed E-state index contributed by atoms with van der Waals surface area (Å²) in [5.74, 6) is 2.67. The summed E-state index contributed by atoms with van der Waals surface area (Å²) in [5, 5.41) is 12.9. The van der Waals surface area contributed by atoms with Gasteiger partial charge in [0, 0.05) is 36.0 Å². The first-order valence-corrected chi connectivity index (χ1v) is 13.8. The van der Waals surface area contributed by atoms with E-state index in [1.807, 2.05) is 72.8 Å². The van der Waals surface area contributed by atoms with Crippen LogP contribution >= 0.6 is 0 Å². The number of carbonyl (C=O) groups is 1. The van der Waals surface area contributed by atoms with Crippen molar-refractivity contribution < 1.29 is 19.4 Å². The molecule has 1 saturated heterocycles. The molecule has 6 rings (SSSR count). The second-order valence-corrected chi connectivity index (χ2v) is 10.2. The number of carboxylic acid groups (broad SMARTS) is 1. The van der Waals surface area contributed by atoms with Crippen LogP contribution in [0.1, 0.15) is 23.7 Å². The van der Waals surface area contributed by atoms with E-state index in [0.717, 1.165) is 40.4 Å². The number of fused-ring (bicyclic) bond motifs is 1. The number of pyridine rings is 1. The molecule has 4 aromatic rings. The van der Waals surface area contributed by atoms with Gasteiger partial charge < -0.3 is 29.7 Å². The summed E-state index contributed by atoms with van der Waals surface area (Å²) in [5.41, 5.74) is 4.57. The number of anilines is 3. The Balaban J connectivity index is 1.22. The third-order valence-corrected chi connectivity index (χ3v) is 7.32. The molecule has 2 N–H and O–H groups in total. The van der Waals surface area contributed by atoms with Crippen molar-refractivity contribution in [2.75, 3.05) is 36.5 Å². The van der Waals surface area contributed by atoms with Gasteiger partial charge in [-0.2, -0.15) is 4.98 Å². The van der Waals surface area contributed by atoms with Crippen LogP contribution in [0.15, 0.2) is 72.8 Å². The topological polar surface area (TPSA) is 113 Å². The van der Waals surface area contributed by atoms with Crippen molar-refractivity contribution in [2.45, 2.75) is 32.5 Å². The molecule has 2 aliphatic heterocycles. The van der Waals surface area contributed by atoms with E-state index in [0.29, 0.717) is 50.3 Å². The quantitative estimate of drug-likeness (QED) is 0.322. The van der Waals surface area contributed by atoms with Gasteiger partial charge in [0.15, 0.2) is 5.82 Å². The van der Waals surface area contributed by atoms with Gasteiger partial charge in [-0.15, -0.1) is 0 Å². The molecular weight excluding hydrogens is 520 g/mol. The van der Waals surface area contributed by atoms with Crippen molar-refractivity contribution in [3.05, 3.63) is 89.6 Å². The highest BCUT2D eigenvalue weighted by Gasteiger charge is 2.30. The van der Waals surface area contributed by atoms with Gasteiger partial charge in [-0.05, 0) is 49.2 Å². The number of benzene rings is 2. The fraction of sp³-hybridized carbons (Fsp3) is 0.290. The molecule has 1 atom stereocenters. The van der Waals surface area contributed by atoms with Gasteiger partial charge >= 0.3 is 6.09 Å². The minimum absolute atomic E-state index is 0.166. The van der Waals surface area contributed by atoms with E-state index in [9.17, 15) is 9.90 Å². The van der Waals surface area contributed by atoms with Crippen LogP contribution in [0.25, 0.3) is 11.4 Å².